The smallest absolute Gasteiger partial charge is 0.226 e. The molecule has 4 nitrogen and oxygen atoms in total. The van der Waals surface area contributed by atoms with Crippen LogP contribution in [0.5, 0.6) is 5.75 Å². The lowest BCUT2D eigenvalue weighted by Gasteiger charge is -2.19. The quantitative estimate of drug-likeness (QED) is 0.928. The highest BCUT2D eigenvalue weighted by Gasteiger charge is 2.42. The highest BCUT2D eigenvalue weighted by Crippen LogP contribution is 2.37. The Morgan fingerprint density at radius 1 is 1.23 bits per heavy atom. The maximum absolute atomic E-state index is 12.3. The molecule has 4 heteroatoms. The Kier molecular flexibility index (Phi) is 4.39. The van der Waals surface area contributed by atoms with Crippen molar-refractivity contribution >= 4 is 5.91 Å². The van der Waals surface area contributed by atoms with Crippen LogP contribution in [0, 0.1) is 25.7 Å². The van der Waals surface area contributed by atoms with E-state index < -0.39 is 0 Å². The van der Waals surface area contributed by atoms with Crippen LogP contribution in [0.4, 0.5) is 0 Å². The molecule has 1 aliphatic heterocycles. The van der Waals surface area contributed by atoms with E-state index in [2.05, 4.69) is 19.9 Å². The average molecular weight is 302 g/mol. The first kappa shape index (κ1) is 15.3. The summed E-state index contributed by atoms with van der Waals surface area (Å²) >= 11 is 0. The Bertz CT molecular complexity index is 538. The first-order chi connectivity index (χ1) is 10.5. The second kappa shape index (κ2) is 6.29. The number of carbonyl (C=O) groups excluding carboxylic acids is 1. The van der Waals surface area contributed by atoms with Gasteiger partial charge in [-0.15, -0.1) is 0 Å². The number of benzene rings is 1. The van der Waals surface area contributed by atoms with Crippen LogP contribution in [0.25, 0.3) is 0 Å². The summed E-state index contributed by atoms with van der Waals surface area (Å²) in [6.07, 6.45) is 2.74. The molecule has 0 radical (unpaired) electrons. The molecule has 1 aromatic rings. The van der Waals surface area contributed by atoms with Gasteiger partial charge in [0.25, 0.3) is 0 Å². The number of amides is 1. The van der Waals surface area contributed by atoms with Gasteiger partial charge in [0.2, 0.25) is 5.91 Å². The van der Waals surface area contributed by atoms with Crippen LogP contribution in [0.3, 0.4) is 0 Å². The first-order valence-corrected chi connectivity index (χ1v) is 8.27. The summed E-state index contributed by atoms with van der Waals surface area (Å²) in [6, 6.07) is 6.42. The van der Waals surface area contributed by atoms with Crippen molar-refractivity contribution in [1.82, 2.24) is 4.90 Å². The molecule has 1 saturated heterocycles. The highest BCUT2D eigenvalue weighted by atomic mass is 16.5. The zero-order valence-corrected chi connectivity index (χ0v) is 13.5. The van der Waals surface area contributed by atoms with E-state index in [-0.39, 0.29) is 11.9 Å². The molecule has 3 rings (SSSR count). The van der Waals surface area contributed by atoms with E-state index >= 15 is 0 Å². The van der Waals surface area contributed by atoms with Gasteiger partial charge >= 0.3 is 0 Å². The summed E-state index contributed by atoms with van der Waals surface area (Å²) in [4.78, 5) is 14.3. The van der Waals surface area contributed by atoms with E-state index in [0.29, 0.717) is 24.9 Å². The first-order valence-electron chi connectivity index (χ1n) is 8.27. The highest BCUT2D eigenvalue weighted by molar-refractivity contribution is 5.76. The Morgan fingerprint density at radius 2 is 1.95 bits per heavy atom. The predicted octanol–water partition coefficient (Wildman–Crippen LogP) is 2.27. The van der Waals surface area contributed by atoms with E-state index in [4.69, 9.17) is 10.5 Å². The average Bonchev–Trinajstić information content (AvgIpc) is 3.00. The van der Waals surface area contributed by atoms with Crippen LogP contribution in [-0.2, 0) is 4.79 Å². The molecule has 1 heterocycles. The van der Waals surface area contributed by atoms with Crippen LogP contribution in [-0.4, -0.2) is 36.5 Å². The van der Waals surface area contributed by atoms with Crippen LogP contribution in [0.15, 0.2) is 18.2 Å². The van der Waals surface area contributed by atoms with Crippen molar-refractivity contribution in [2.75, 3.05) is 19.7 Å². The molecule has 120 valence electrons. The largest absolute Gasteiger partial charge is 0.493 e. The number of aryl methyl sites for hydroxylation is 2. The summed E-state index contributed by atoms with van der Waals surface area (Å²) in [6.45, 7) is 6.28. The molecule has 0 bridgehead atoms. The normalized spacial score (nSPS) is 27.0. The molecular weight excluding hydrogens is 276 g/mol. The standard InChI is InChI=1S/C18H26N2O2/c1-12-7-13(2)9-15(8-12)22-6-5-18(21)20-10-14-3-4-17(19)16(14)11-20/h7-9,14,16-17H,3-6,10-11,19H2,1-2H3. The molecule has 1 aromatic carbocycles. The fourth-order valence-corrected chi connectivity index (χ4v) is 3.94. The van der Waals surface area contributed by atoms with E-state index in [1.54, 1.807) is 0 Å². The predicted molar refractivity (Wildman–Crippen MR) is 86.8 cm³/mol. The molecule has 2 aliphatic rings. The zero-order valence-electron chi connectivity index (χ0n) is 13.5. The summed E-state index contributed by atoms with van der Waals surface area (Å²) in [5, 5.41) is 0. The lowest BCUT2D eigenvalue weighted by molar-refractivity contribution is -0.131. The van der Waals surface area contributed by atoms with E-state index in [1.165, 1.54) is 17.5 Å². The number of nitrogens with two attached hydrogens (primary N) is 1. The van der Waals surface area contributed by atoms with Gasteiger partial charge in [-0.05, 0) is 61.8 Å². The minimum atomic E-state index is 0.200. The number of carbonyl (C=O) groups is 1. The van der Waals surface area contributed by atoms with Gasteiger partial charge in [0.05, 0.1) is 13.0 Å². The summed E-state index contributed by atoms with van der Waals surface area (Å²) < 4.78 is 5.74. The van der Waals surface area contributed by atoms with E-state index in [1.807, 2.05) is 17.0 Å². The third-order valence-electron chi connectivity index (χ3n) is 5.04. The Hall–Kier alpha value is -1.55. The summed E-state index contributed by atoms with van der Waals surface area (Å²) in [5.41, 5.74) is 8.49. The molecule has 22 heavy (non-hydrogen) atoms. The van der Waals surface area contributed by atoms with Crippen LogP contribution < -0.4 is 10.5 Å². The van der Waals surface area contributed by atoms with Crippen molar-refractivity contribution in [2.24, 2.45) is 17.6 Å². The molecular formula is C18H26N2O2. The topological polar surface area (TPSA) is 55.6 Å². The van der Waals surface area contributed by atoms with Crippen molar-refractivity contribution in [3.05, 3.63) is 29.3 Å². The molecule has 3 atom stereocenters. The number of nitrogens with zero attached hydrogens (tertiary/aromatic N) is 1. The zero-order chi connectivity index (χ0) is 15.7. The number of likely N-dealkylation sites (tertiary alicyclic amines) is 1. The number of hydrogen-bond acceptors (Lipinski definition) is 3. The van der Waals surface area contributed by atoms with Crippen LogP contribution in [0.1, 0.15) is 30.4 Å². The van der Waals surface area contributed by atoms with Gasteiger partial charge in [-0.25, -0.2) is 0 Å². The Labute approximate surface area is 132 Å². The van der Waals surface area contributed by atoms with Crippen molar-refractivity contribution in [2.45, 2.75) is 39.2 Å². The van der Waals surface area contributed by atoms with Crippen LogP contribution in [0.2, 0.25) is 0 Å². The number of rotatable bonds is 4. The second-order valence-electron chi connectivity index (χ2n) is 6.89. The molecule has 2 N–H and O–H groups in total. The van der Waals surface area contributed by atoms with Gasteiger partial charge in [-0.3, -0.25) is 4.79 Å². The Balaban J connectivity index is 1.47. The van der Waals surface area contributed by atoms with E-state index in [0.717, 1.165) is 25.3 Å². The lowest BCUT2D eigenvalue weighted by Crippen LogP contribution is -2.34. The van der Waals surface area contributed by atoms with Crippen molar-refractivity contribution < 1.29 is 9.53 Å². The van der Waals surface area contributed by atoms with Crippen molar-refractivity contribution in [1.29, 1.82) is 0 Å². The van der Waals surface area contributed by atoms with Gasteiger partial charge in [0.15, 0.2) is 0 Å². The summed E-state index contributed by atoms with van der Waals surface area (Å²) in [5.74, 6) is 2.19. The fourth-order valence-electron chi connectivity index (χ4n) is 3.94. The molecule has 1 amide bonds. The van der Waals surface area contributed by atoms with Gasteiger partial charge in [0, 0.05) is 19.1 Å². The minimum Gasteiger partial charge on any atom is -0.493 e. The van der Waals surface area contributed by atoms with Gasteiger partial charge < -0.3 is 15.4 Å². The number of fused-ring (bicyclic) bond motifs is 1. The van der Waals surface area contributed by atoms with Crippen LogP contribution >= 0.6 is 0 Å². The van der Waals surface area contributed by atoms with Crippen molar-refractivity contribution in [3.8, 4) is 5.75 Å². The monoisotopic (exact) mass is 302 g/mol. The maximum Gasteiger partial charge on any atom is 0.226 e. The third-order valence-corrected chi connectivity index (χ3v) is 5.04. The lowest BCUT2D eigenvalue weighted by atomic mass is 9.98. The summed E-state index contributed by atoms with van der Waals surface area (Å²) in [7, 11) is 0. The van der Waals surface area contributed by atoms with E-state index in [9.17, 15) is 4.79 Å². The van der Waals surface area contributed by atoms with Gasteiger partial charge in [0.1, 0.15) is 5.75 Å². The van der Waals surface area contributed by atoms with Gasteiger partial charge in [-0.2, -0.15) is 0 Å². The number of ether oxygens (including phenoxy) is 1. The van der Waals surface area contributed by atoms with Crippen molar-refractivity contribution in [3.63, 3.8) is 0 Å². The molecule has 1 saturated carbocycles. The minimum absolute atomic E-state index is 0.200. The molecule has 3 unspecified atom stereocenters. The molecule has 1 aliphatic carbocycles. The molecule has 2 fully saturated rings. The maximum atomic E-state index is 12.3. The number of hydrogen-bond donors (Lipinski definition) is 1. The van der Waals surface area contributed by atoms with Gasteiger partial charge in [-0.1, -0.05) is 6.07 Å². The Morgan fingerprint density at radius 3 is 2.64 bits per heavy atom. The fraction of sp³-hybridized carbons (Fsp3) is 0.611. The third kappa shape index (κ3) is 3.27. The molecule has 0 spiro atoms. The second-order valence-corrected chi connectivity index (χ2v) is 6.89. The molecule has 0 aromatic heterocycles. The SMILES string of the molecule is Cc1cc(C)cc(OCCC(=O)N2CC3CCC(N)C3C2)c1.